The fourth-order valence-electron chi connectivity index (χ4n) is 3.49. The molecular formula is C24H29F2NO5S. The summed E-state index contributed by atoms with van der Waals surface area (Å²) in [7, 11) is 1.39. The highest BCUT2D eigenvalue weighted by molar-refractivity contribution is 8.00. The first-order valence-electron chi connectivity index (χ1n) is 10.9. The molecule has 2 aromatic rings. The highest BCUT2D eigenvalue weighted by Crippen LogP contribution is 2.43. The van der Waals surface area contributed by atoms with Crippen LogP contribution >= 0.6 is 11.8 Å². The first kappa shape index (κ1) is 25.0. The number of methoxy groups -OCH3 is 1. The molecule has 1 fully saturated rings. The lowest BCUT2D eigenvalue weighted by molar-refractivity contribution is -0.128. The highest BCUT2D eigenvalue weighted by atomic mass is 32.2. The molecule has 1 saturated heterocycles. The lowest BCUT2D eigenvalue weighted by Gasteiger charge is -2.25. The maximum atomic E-state index is 12.7. The SMILES string of the molecule is CCCCOc1ccc([C@@H]2SCC(=O)N2Cc2ccc(OC(F)F)c(OC)c2)cc1OCC. The number of unbranched alkanes of at least 4 members (excludes halogenated alkanes) is 1. The second-order valence-electron chi connectivity index (χ2n) is 7.39. The van der Waals surface area contributed by atoms with Gasteiger partial charge in [-0.1, -0.05) is 25.5 Å². The number of benzene rings is 2. The van der Waals surface area contributed by atoms with Gasteiger partial charge in [0.15, 0.2) is 23.0 Å². The summed E-state index contributed by atoms with van der Waals surface area (Å²) in [5, 5.41) is -0.204. The fraction of sp³-hybridized carbons (Fsp3) is 0.458. The number of thioether (sulfide) groups is 1. The second kappa shape index (κ2) is 12.0. The molecule has 180 valence electrons. The van der Waals surface area contributed by atoms with E-state index in [1.807, 2.05) is 25.1 Å². The number of ether oxygens (including phenoxy) is 4. The first-order valence-corrected chi connectivity index (χ1v) is 11.9. The normalized spacial score (nSPS) is 15.8. The van der Waals surface area contributed by atoms with Gasteiger partial charge in [0.25, 0.3) is 0 Å². The van der Waals surface area contributed by atoms with Gasteiger partial charge in [-0.05, 0) is 48.7 Å². The minimum Gasteiger partial charge on any atom is -0.493 e. The predicted octanol–water partition coefficient (Wildman–Crippen LogP) is 5.65. The van der Waals surface area contributed by atoms with Crippen LogP contribution in [0, 0.1) is 0 Å². The van der Waals surface area contributed by atoms with E-state index in [4.69, 9.17) is 14.2 Å². The van der Waals surface area contributed by atoms with E-state index in [1.165, 1.54) is 24.9 Å². The lowest BCUT2D eigenvalue weighted by atomic mass is 10.1. The van der Waals surface area contributed by atoms with Crippen LogP contribution in [0.5, 0.6) is 23.0 Å². The Kier molecular flexibility index (Phi) is 9.05. The van der Waals surface area contributed by atoms with Gasteiger partial charge < -0.3 is 23.8 Å². The first-order chi connectivity index (χ1) is 16.0. The van der Waals surface area contributed by atoms with E-state index in [0.29, 0.717) is 37.0 Å². The molecule has 0 radical (unpaired) electrons. The molecule has 1 atom stereocenters. The van der Waals surface area contributed by atoms with Crippen LogP contribution in [-0.2, 0) is 11.3 Å². The minimum absolute atomic E-state index is 0.00175. The summed E-state index contributed by atoms with van der Waals surface area (Å²) >= 11 is 1.53. The zero-order valence-corrected chi connectivity index (χ0v) is 19.8. The number of rotatable bonds is 12. The predicted molar refractivity (Wildman–Crippen MR) is 123 cm³/mol. The Morgan fingerprint density at radius 1 is 1.06 bits per heavy atom. The number of nitrogens with zero attached hydrogens (tertiary/aromatic N) is 1. The van der Waals surface area contributed by atoms with E-state index in [-0.39, 0.29) is 22.8 Å². The molecule has 0 unspecified atom stereocenters. The standard InChI is InChI=1S/C24H29F2NO5S/c1-4-6-11-31-18-10-8-17(13-21(18)30-5-2)23-27(22(28)15-33-23)14-16-7-9-19(32-24(25)26)20(12-16)29-3/h7-10,12-13,23-24H,4-6,11,14-15H2,1-3H3/t23-/m0/s1. The average Bonchev–Trinajstić information content (AvgIpc) is 3.15. The van der Waals surface area contributed by atoms with Gasteiger partial charge in [0.2, 0.25) is 5.91 Å². The molecule has 1 aliphatic rings. The van der Waals surface area contributed by atoms with Crippen molar-refractivity contribution in [3.05, 3.63) is 47.5 Å². The summed E-state index contributed by atoms with van der Waals surface area (Å²) in [5.41, 5.74) is 1.68. The van der Waals surface area contributed by atoms with E-state index < -0.39 is 6.61 Å². The number of halogens is 2. The van der Waals surface area contributed by atoms with Crippen molar-refractivity contribution < 1.29 is 32.5 Å². The molecule has 0 N–H and O–H groups in total. The molecule has 0 saturated carbocycles. The largest absolute Gasteiger partial charge is 0.493 e. The van der Waals surface area contributed by atoms with Crippen molar-refractivity contribution >= 4 is 17.7 Å². The van der Waals surface area contributed by atoms with Crippen LogP contribution in [0.2, 0.25) is 0 Å². The number of hydrogen-bond donors (Lipinski definition) is 0. The number of carbonyl (C=O) groups excluding carboxylic acids is 1. The van der Waals surface area contributed by atoms with E-state index >= 15 is 0 Å². The molecule has 6 nitrogen and oxygen atoms in total. The Morgan fingerprint density at radius 2 is 1.85 bits per heavy atom. The Morgan fingerprint density at radius 3 is 2.55 bits per heavy atom. The number of carbonyl (C=O) groups is 1. The summed E-state index contributed by atoms with van der Waals surface area (Å²) in [6, 6.07) is 10.5. The van der Waals surface area contributed by atoms with Crippen LogP contribution < -0.4 is 18.9 Å². The van der Waals surface area contributed by atoms with Crippen LogP contribution in [-0.4, -0.2) is 43.5 Å². The number of alkyl halides is 2. The van der Waals surface area contributed by atoms with Crippen molar-refractivity contribution in [1.29, 1.82) is 0 Å². The smallest absolute Gasteiger partial charge is 0.387 e. The van der Waals surface area contributed by atoms with Gasteiger partial charge in [-0.25, -0.2) is 0 Å². The third-order valence-corrected chi connectivity index (χ3v) is 6.33. The average molecular weight is 482 g/mol. The van der Waals surface area contributed by atoms with Crippen molar-refractivity contribution in [2.75, 3.05) is 26.1 Å². The Bertz CT molecular complexity index is 943. The number of amides is 1. The van der Waals surface area contributed by atoms with Crippen molar-refractivity contribution in [3.63, 3.8) is 0 Å². The summed E-state index contributed by atoms with van der Waals surface area (Å²) in [5.74, 6) is 1.84. The zero-order valence-electron chi connectivity index (χ0n) is 19.0. The van der Waals surface area contributed by atoms with Crippen molar-refractivity contribution in [2.24, 2.45) is 0 Å². The Hall–Kier alpha value is -2.68. The van der Waals surface area contributed by atoms with Gasteiger partial charge in [-0.15, -0.1) is 11.8 Å². The molecule has 33 heavy (non-hydrogen) atoms. The van der Waals surface area contributed by atoms with Gasteiger partial charge in [0.05, 0.1) is 26.1 Å². The maximum Gasteiger partial charge on any atom is 0.387 e. The van der Waals surface area contributed by atoms with Crippen LogP contribution in [0.4, 0.5) is 8.78 Å². The fourth-order valence-corrected chi connectivity index (χ4v) is 4.67. The van der Waals surface area contributed by atoms with E-state index in [1.54, 1.807) is 17.0 Å². The van der Waals surface area contributed by atoms with Crippen LogP contribution in [0.1, 0.15) is 43.2 Å². The maximum absolute atomic E-state index is 12.7. The quantitative estimate of drug-likeness (QED) is 0.365. The van der Waals surface area contributed by atoms with Crippen molar-refractivity contribution in [3.8, 4) is 23.0 Å². The summed E-state index contributed by atoms with van der Waals surface area (Å²) in [4.78, 5) is 14.4. The van der Waals surface area contributed by atoms with E-state index in [9.17, 15) is 13.6 Å². The van der Waals surface area contributed by atoms with E-state index in [0.717, 1.165) is 24.0 Å². The van der Waals surface area contributed by atoms with E-state index in [2.05, 4.69) is 11.7 Å². The highest BCUT2D eigenvalue weighted by Gasteiger charge is 2.33. The lowest BCUT2D eigenvalue weighted by Crippen LogP contribution is -2.27. The topological polar surface area (TPSA) is 57.2 Å². The molecule has 0 aliphatic carbocycles. The molecule has 1 aliphatic heterocycles. The van der Waals surface area contributed by atoms with Gasteiger partial charge in [-0.3, -0.25) is 4.79 Å². The van der Waals surface area contributed by atoms with Crippen LogP contribution in [0.15, 0.2) is 36.4 Å². The molecule has 0 spiro atoms. The van der Waals surface area contributed by atoms with Crippen LogP contribution in [0.3, 0.4) is 0 Å². The molecule has 1 heterocycles. The molecule has 2 aromatic carbocycles. The van der Waals surface area contributed by atoms with Crippen molar-refractivity contribution in [1.82, 2.24) is 4.90 Å². The Balaban J connectivity index is 1.81. The minimum atomic E-state index is -2.95. The van der Waals surface area contributed by atoms with Gasteiger partial charge in [0.1, 0.15) is 5.37 Å². The molecule has 3 rings (SSSR count). The molecule has 0 bridgehead atoms. The third kappa shape index (κ3) is 6.43. The summed E-state index contributed by atoms with van der Waals surface area (Å²) in [6.45, 7) is 2.50. The summed E-state index contributed by atoms with van der Waals surface area (Å²) in [6.07, 6.45) is 2.00. The molecule has 0 aromatic heterocycles. The monoisotopic (exact) mass is 481 g/mol. The second-order valence-corrected chi connectivity index (χ2v) is 8.46. The number of hydrogen-bond acceptors (Lipinski definition) is 6. The van der Waals surface area contributed by atoms with Gasteiger partial charge >= 0.3 is 6.61 Å². The van der Waals surface area contributed by atoms with Gasteiger partial charge in [-0.2, -0.15) is 8.78 Å². The van der Waals surface area contributed by atoms with Crippen LogP contribution in [0.25, 0.3) is 0 Å². The molecule has 1 amide bonds. The van der Waals surface area contributed by atoms with Crippen molar-refractivity contribution in [2.45, 2.75) is 45.2 Å². The Labute approximate surface area is 197 Å². The summed E-state index contributed by atoms with van der Waals surface area (Å²) < 4.78 is 46.5. The third-order valence-electron chi connectivity index (χ3n) is 5.07. The molecular weight excluding hydrogens is 452 g/mol. The van der Waals surface area contributed by atoms with Gasteiger partial charge in [0, 0.05) is 6.54 Å². The molecule has 9 heteroatoms. The zero-order chi connectivity index (χ0) is 23.8.